The minimum absolute atomic E-state index is 0.135. The summed E-state index contributed by atoms with van der Waals surface area (Å²) in [4.78, 5) is 12.0. The second-order valence-corrected chi connectivity index (χ2v) is 6.43. The average molecular weight is 378 g/mol. The molecule has 0 atom stereocenters. The Morgan fingerprint density at radius 1 is 1.24 bits per heavy atom. The van der Waals surface area contributed by atoms with E-state index in [0.29, 0.717) is 22.4 Å². The van der Waals surface area contributed by atoms with Crippen LogP contribution in [0.15, 0.2) is 53.7 Å². The van der Waals surface area contributed by atoms with Gasteiger partial charge in [-0.2, -0.15) is 4.68 Å². The number of thioether (sulfide) groups is 1. The van der Waals surface area contributed by atoms with Crippen molar-refractivity contribution in [2.24, 2.45) is 0 Å². The normalized spacial score (nSPS) is 10.6. The molecule has 1 aromatic heterocycles. The van der Waals surface area contributed by atoms with Crippen LogP contribution in [0.25, 0.3) is 5.69 Å². The van der Waals surface area contributed by atoms with E-state index in [4.69, 9.17) is 11.6 Å². The van der Waals surface area contributed by atoms with Crippen molar-refractivity contribution in [1.29, 1.82) is 0 Å². The van der Waals surface area contributed by atoms with Crippen LogP contribution >= 0.6 is 23.4 Å². The van der Waals surface area contributed by atoms with Crippen LogP contribution in [0.3, 0.4) is 0 Å². The fraction of sp³-hybridized carbons (Fsp3) is 0.125. The standard InChI is InChI=1S/C16H13ClFN5OS/c17-12-4-1-3-11(7-12)9-19-15(24)10-25-16-20-21-22-23(16)14-6-2-5-13(18)8-14/h1-8H,9-10H2,(H,19,24). The number of benzene rings is 2. The van der Waals surface area contributed by atoms with Crippen LogP contribution in [-0.4, -0.2) is 31.9 Å². The number of carbonyl (C=O) groups excluding carboxylic acids is 1. The third-order valence-electron chi connectivity index (χ3n) is 3.20. The SMILES string of the molecule is O=C(CSc1nnnn1-c1cccc(F)c1)NCc1cccc(Cl)c1. The molecular formula is C16H13ClFN5OS. The van der Waals surface area contributed by atoms with Crippen molar-refractivity contribution in [3.63, 3.8) is 0 Å². The van der Waals surface area contributed by atoms with Crippen molar-refractivity contribution in [2.45, 2.75) is 11.7 Å². The summed E-state index contributed by atoms with van der Waals surface area (Å²) in [5.41, 5.74) is 1.40. The summed E-state index contributed by atoms with van der Waals surface area (Å²) in [6.45, 7) is 0.384. The van der Waals surface area contributed by atoms with Gasteiger partial charge in [0, 0.05) is 11.6 Å². The number of aromatic nitrogens is 4. The predicted molar refractivity (Wildman–Crippen MR) is 93.1 cm³/mol. The maximum Gasteiger partial charge on any atom is 0.230 e. The van der Waals surface area contributed by atoms with E-state index >= 15 is 0 Å². The zero-order valence-electron chi connectivity index (χ0n) is 12.9. The van der Waals surface area contributed by atoms with Crippen molar-refractivity contribution < 1.29 is 9.18 Å². The van der Waals surface area contributed by atoms with E-state index in [0.717, 1.165) is 5.56 Å². The van der Waals surface area contributed by atoms with Crippen molar-refractivity contribution in [3.8, 4) is 5.69 Å². The molecule has 3 rings (SSSR count). The fourth-order valence-electron chi connectivity index (χ4n) is 2.07. The molecule has 6 nitrogen and oxygen atoms in total. The summed E-state index contributed by atoms with van der Waals surface area (Å²) < 4.78 is 14.7. The number of carbonyl (C=O) groups is 1. The Kier molecular flexibility index (Phi) is 5.62. The Morgan fingerprint density at radius 2 is 2.08 bits per heavy atom. The summed E-state index contributed by atoms with van der Waals surface area (Å²) >= 11 is 7.07. The zero-order chi connectivity index (χ0) is 17.6. The Hall–Kier alpha value is -2.45. The molecule has 1 N–H and O–H groups in total. The predicted octanol–water partition coefficient (Wildman–Crippen LogP) is 2.86. The van der Waals surface area contributed by atoms with E-state index in [1.165, 1.54) is 28.6 Å². The van der Waals surface area contributed by atoms with Gasteiger partial charge in [0.25, 0.3) is 0 Å². The molecule has 9 heteroatoms. The Labute approximate surface area is 152 Å². The summed E-state index contributed by atoms with van der Waals surface area (Å²) in [5.74, 6) is -0.419. The first-order valence-electron chi connectivity index (χ1n) is 7.30. The van der Waals surface area contributed by atoms with Crippen LogP contribution < -0.4 is 5.32 Å². The largest absolute Gasteiger partial charge is 0.351 e. The van der Waals surface area contributed by atoms with Crippen molar-refractivity contribution in [1.82, 2.24) is 25.5 Å². The minimum Gasteiger partial charge on any atom is -0.351 e. The molecule has 0 bridgehead atoms. The van der Waals surface area contributed by atoms with E-state index in [1.807, 2.05) is 12.1 Å². The summed E-state index contributed by atoms with van der Waals surface area (Å²) in [6.07, 6.45) is 0. The molecule has 3 aromatic rings. The molecule has 0 radical (unpaired) electrons. The number of rotatable bonds is 6. The highest BCUT2D eigenvalue weighted by Gasteiger charge is 2.12. The first-order chi connectivity index (χ1) is 12.1. The van der Waals surface area contributed by atoms with Gasteiger partial charge in [-0.25, -0.2) is 4.39 Å². The van der Waals surface area contributed by atoms with Gasteiger partial charge in [0.2, 0.25) is 11.1 Å². The lowest BCUT2D eigenvalue weighted by Gasteiger charge is -2.06. The molecule has 0 aliphatic heterocycles. The monoisotopic (exact) mass is 377 g/mol. The number of halogens is 2. The molecule has 0 saturated carbocycles. The van der Waals surface area contributed by atoms with Gasteiger partial charge in [-0.15, -0.1) is 5.10 Å². The average Bonchev–Trinajstić information content (AvgIpc) is 3.07. The first-order valence-corrected chi connectivity index (χ1v) is 8.66. The number of tetrazole rings is 1. The van der Waals surface area contributed by atoms with Gasteiger partial charge in [0.05, 0.1) is 11.4 Å². The second-order valence-electron chi connectivity index (χ2n) is 5.05. The smallest absolute Gasteiger partial charge is 0.230 e. The topological polar surface area (TPSA) is 72.7 Å². The molecule has 2 aromatic carbocycles. The summed E-state index contributed by atoms with van der Waals surface area (Å²) in [5, 5.41) is 15.1. The zero-order valence-corrected chi connectivity index (χ0v) is 14.5. The Morgan fingerprint density at radius 3 is 2.88 bits per heavy atom. The molecular weight excluding hydrogens is 365 g/mol. The third kappa shape index (κ3) is 4.77. The number of nitrogens with one attached hydrogen (secondary N) is 1. The van der Waals surface area contributed by atoms with Gasteiger partial charge in [-0.3, -0.25) is 4.79 Å². The second kappa shape index (κ2) is 8.09. The number of hydrogen-bond acceptors (Lipinski definition) is 5. The highest BCUT2D eigenvalue weighted by molar-refractivity contribution is 7.99. The lowest BCUT2D eigenvalue weighted by molar-refractivity contribution is -0.118. The van der Waals surface area contributed by atoms with E-state index in [9.17, 15) is 9.18 Å². The van der Waals surface area contributed by atoms with Crippen LogP contribution in [-0.2, 0) is 11.3 Å². The van der Waals surface area contributed by atoms with Crippen molar-refractivity contribution in [3.05, 3.63) is 64.9 Å². The van der Waals surface area contributed by atoms with E-state index in [1.54, 1.807) is 24.3 Å². The molecule has 0 aliphatic carbocycles. The van der Waals surface area contributed by atoms with Gasteiger partial charge < -0.3 is 5.32 Å². The minimum atomic E-state index is -0.386. The van der Waals surface area contributed by atoms with Crippen molar-refractivity contribution >= 4 is 29.3 Å². The molecule has 0 unspecified atom stereocenters. The van der Waals surface area contributed by atoms with Gasteiger partial charge >= 0.3 is 0 Å². The van der Waals surface area contributed by atoms with Crippen LogP contribution in [0, 0.1) is 5.82 Å². The lowest BCUT2D eigenvalue weighted by atomic mass is 10.2. The first kappa shape index (κ1) is 17.4. The van der Waals surface area contributed by atoms with E-state index in [-0.39, 0.29) is 17.5 Å². The van der Waals surface area contributed by atoms with Crippen LogP contribution in [0.4, 0.5) is 4.39 Å². The van der Waals surface area contributed by atoms with Crippen LogP contribution in [0.5, 0.6) is 0 Å². The Balaban J connectivity index is 1.57. The molecule has 25 heavy (non-hydrogen) atoms. The fourth-order valence-corrected chi connectivity index (χ4v) is 3.00. The quantitative estimate of drug-likeness (QED) is 0.669. The number of nitrogens with zero attached hydrogens (tertiary/aromatic N) is 4. The van der Waals surface area contributed by atoms with Gasteiger partial charge in [0.1, 0.15) is 5.82 Å². The van der Waals surface area contributed by atoms with Crippen molar-refractivity contribution in [2.75, 3.05) is 5.75 Å². The highest BCUT2D eigenvalue weighted by Crippen LogP contribution is 2.18. The van der Waals surface area contributed by atoms with E-state index in [2.05, 4.69) is 20.8 Å². The van der Waals surface area contributed by atoms with Gasteiger partial charge in [-0.1, -0.05) is 41.6 Å². The number of hydrogen-bond donors (Lipinski definition) is 1. The lowest BCUT2D eigenvalue weighted by Crippen LogP contribution is -2.24. The van der Waals surface area contributed by atoms with E-state index < -0.39 is 0 Å². The maximum absolute atomic E-state index is 13.3. The highest BCUT2D eigenvalue weighted by atomic mass is 35.5. The van der Waals surface area contributed by atoms with Crippen LogP contribution in [0.2, 0.25) is 5.02 Å². The van der Waals surface area contributed by atoms with Crippen LogP contribution in [0.1, 0.15) is 5.56 Å². The third-order valence-corrected chi connectivity index (χ3v) is 4.36. The molecule has 1 amide bonds. The molecule has 128 valence electrons. The molecule has 0 saturated heterocycles. The molecule has 0 spiro atoms. The molecule has 0 aliphatic rings. The van der Waals surface area contributed by atoms with Gasteiger partial charge in [-0.05, 0) is 46.3 Å². The summed E-state index contributed by atoms with van der Waals surface area (Å²) in [6, 6.07) is 13.2. The number of amides is 1. The summed E-state index contributed by atoms with van der Waals surface area (Å²) in [7, 11) is 0. The van der Waals surface area contributed by atoms with Gasteiger partial charge in [0.15, 0.2) is 0 Å². The maximum atomic E-state index is 13.3. The Bertz CT molecular complexity index is 888. The molecule has 1 heterocycles. The molecule has 0 fully saturated rings.